The molecular weight excluding hydrogens is 330 g/mol. The first-order valence-corrected chi connectivity index (χ1v) is 9.24. The van der Waals surface area contributed by atoms with Crippen molar-refractivity contribution in [2.75, 3.05) is 18.0 Å². The summed E-state index contributed by atoms with van der Waals surface area (Å²) in [7, 11) is 1.87. The molecule has 1 aliphatic rings. The molecule has 3 aromatic rings. The van der Waals surface area contributed by atoms with Gasteiger partial charge in [0, 0.05) is 26.3 Å². The minimum Gasteiger partial charge on any atom is -0.348 e. The molecule has 0 bridgehead atoms. The number of aryl methyl sites for hydroxylation is 1. The van der Waals surface area contributed by atoms with Crippen molar-refractivity contribution in [2.45, 2.75) is 19.4 Å². The van der Waals surface area contributed by atoms with Crippen LogP contribution in [0.25, 0.3) is 9.53 Å². The quantitative estimate of drug-likeness (QED) is 0.788. The van der Waals surface area contributed by atoms with E-state index in [2.05, 4.69) is 15.3 Å². The molecule has 23 heavy (non-hydrogen) atoms. The molecule has 8 heteroatoms. The van der Waals surface area contributed by atoms with Gasteiger partial charge in [0.05, 0.1) is 21.8 Å². The van der Waals surface area contributed by atoms with Gasteiger partial charge in [0.1, 0.15) is 4.83 Å². The van der Waals surface area contributed by atoms with Crippen LogP contribution < -0.4 is 10.2 Å². The predicted octanol–water partition coefficient (Wildman–Crippen LogP) is 2.62. The highest BCUT2D eigenvalue weighted by molar-refractivity contribution is 7.29. The lowest BCUT2D eigenvalue weighted by molar-refractivity contribution is 0.0954. The summed E-state index contributed by atoms with van der Waals surface area (Å²) in [6.07, 6.45) is 4.22. The molecule has 4 heterocycles. The third-order valence-electron chi connectivity index (χ3n) is 4.03. The van der Waals surface area contributed by atoms with E-state index < -0.39 is 0 Å². The molecule has 1 aliphatic heterocycles. The fraction of sp³-hybridized carbons (Fsp3) is 0.400. The second kappa shape index (κ2) is 5.93. The third-order valence-corrected chi connectivity index (χ3v) is 6.25. The number of hydrogen-bond donors (Lipinski definition) is 1. The van der Waals surface area contributed by atoms with Crippen molar-refractivity contribution < 1.29 is 4.79 Å². The molecule has 0 saturated carbocycles. The Balaban J connectivity index is 1.47. The summed E-state index contributed by atoms with van der Waals surface area (Å²) in [6.45, 7) is 2.67. The fourth-order valence-electron chi connectivity index (χ4n) is 2.71. The first kappa shape index (κ1) is 14.6. The average Bonchev–Trinajstić information content (AvgIpc) is 3.28. The van der Waals surface area contributed by atoms with E-state index in [4.69, 9.17) is 4.98 Å². The van der Waals surface area contributed by atoms with Crippen LogP contribution in [0.5, 0.6) is 0 Å². The lowest BCUT2D eigenvalue weighted by atomic mass is 10.4. The van der Waals surface area contributed by atoms with Gasteiger partial charge in [-0.05, 0) is 25.0 Å². The van der Waals surface area contributed by atoms with Gasteiger partial charge >= 0.3 is 0 Å². The minimum atomic E-state index is -0.0517. The summed E-state index contributed by atoms with van der Waals surface area (Å²) in [5.74, 6) is -0.0517. The highest BCUT2D eigenvalue weighted by Gasteiger charge is 2.19. The second-order valence-electron chi connectivity index (χ2n) is 5.60. The zero-order valence-corrected chi connectivity index (χ0v) is 14.4. The monoisotopic (exact) mass is 347 g/mol. The maximum atomic E-state index is 12.3. The van der Waals surface area contributed by atoms with Crippen LogP contribution in [0.3, 0.4) is 0 Å². The molecule has 1 amide bonds. The maximum Gasteiger partial charge on any atom is 0.261 e. The van der Waals surface area contributed by atoms with Gasteiger partial charge in [-0.25, -0.2) is 4.98 Å². The maximum absolute atomic E-state index is 12.3. The van der Waals surface area contributed by atoms with E-state index in [1.807, 2.05) is 19.2 Å². The molecule has 120 valence electrons. The number of hydrogen-bond acceptors (Lipinski definition) is 6. The minimum absolute atomic E-state index is 0.0517. The summed E-state index contributed by atoms with van der Waals surface area (Å²) in [5.41, 5.74) is 0.978. The normalized spacial score (nSPS) is 14.7. The van der Waals surface area contributed by atoms with Crippen LogP contribution in [-0.2, 0) is 13.6 Å². The van der Waals surface area contributed by atoms with Gasteiger partial charge in [-0.3, -0.25) is 9.48 Å². The number of nitrogens with zero attached hydrogens (tertiary/aromatic N) is 4. The van der Waals surface area contributed by atoms with Gasteiger partial charge < -0.3 is 10.2 Å². The van der Waals surface area contributed by atoms with E-state index in [1.165, 1.54) is 24.2 Å². The molecule has 1 fully saturated rings. The predicted molar refractivity (Wildman–Crippen MR) is 93.3 cm³/mol. The largest absolute Gasteiger partial charge is 0.348 e. The van der Waals surface area contributed by atoms with Crippen molar-refractivity contribution in [2.24, 2.45) is 7.05 Å². The Morgan fingerprint density at radius 2 is 2.17 bits per heavy atom. The lowest BCUT2D eigenvalue weighted by Gasteiger charge is -2.11. The number of carbonyl (C=O) groups excluding carboxylic acids is 1. The second-order valence-corrected chi connectivity index (χ2v) is 7.64. The summed E-state index contributed by atoms with van der Waals surface area (Å²) < 4.78 is 2.86. The highest BCUT2D eigenvalue weighted by atomic mass is 32.1. The molecule has 0 atom stereocenters. The van der Waals surface area contributed by atoms with Crippen LogP contribution in [0.2, 0.25) is 0 Å². The van der Waals surface area contributed by atoms with Gasteiger partial charge in [-0.15, -0.1) is 11.3 Å². The Kier molecular flexibility index (Phi) is 3.78. The van der Waals surface area contributed by atoms with Crippen LogP contribution in [0.4, 0.5) is 5.13 Å². The highest BCUT2D eigenvalue weighted by Crippen LogP contribution is 2.35. The number of anilines is 1. The van der Waals surface area contributed by atoms with Gasteiger partial charge in [-0.1, -0.05) is 11.3 Å². The van der Waals surface area contributed by atoms with Gasteiger partial charge in [-0.2, -0.15) is 5.10 Å². The molecule has 0 aliphatic carbocycles. The van der Waals surface area contributed by atoms with Crippen molar-refractivity contribution in [3.63, 3.8) is 0 Å². The zero-order chi connectivity index (χ0) is 15.8. The van der Waals surface area contributed by atoms with E-state index in [1.54, 1.807) is 22.2 Å². The number of thiophene rings is 1. The van der Waals surface area contributed by atoms with Crippen LogP contribution in [0.15, 0.2) is 18.3 Å². The molecule has 4 rings (SSSR count). The molecule has 3 aromatic heterocycles. The summed E-state index contributed by atoms with van der Waals surface area (Å²) >= 11 is 3.15. The van der Waals surface area contributed by atoms with Crippen molar-refractivity contribution in [1.82, 2.24) is 20.1 Å². The number of fused-ring (bicyclic) bond motifs is 1. The molecule has 1 N–H and O–H groups in total. The Morgan fingerprint density at radius 1 is 1.35 bits per heavy atom. The van der Waals surface area contributed by atoms with Crippen molar-refractivity contribution >= 4 is 43.2 Å². The van der Waals surface area contributed by atoms with Gasteiger partial charge in [0.15, 0.2) is 5.13 Å². The molecule has 0 radical (unpaired) electrons. The number of thiazole rings is 1. The summed E-state index contributed by atoms with van der Waals surface area (Å²) in [4.78, 5) is 21.0. The molecule has 6 nitrogen and oxygen atoms in total. The van der Waals surface area contributed by atoms with E-state index in [-0.39, 0.29) is 5.91 Å². The Labute approximate surface area is 141 Å². The van der Waals surface area contributed by atoms with Crippen molar-refractivity contribution in [3.05, 3.63) is 28.9 Å². The number of aromatic nitrogens is 3. The summed E-state index contributed by atoms with van der Waals surface area (Å²) in [6, 6.07) is 3.85. The standard InChI is InChI=1S/C15H17N5OS2/c1-19-10(4-5-17-19)9-16-13(21)11-8-12-14(22-11)18-15(23-12)20-6-2-3-7-20/h4-5,8H,2-3,6-7,9H2,1H3,(H,16,21). The molecule has 0 unspecified atom stereocenters. The van der Waals surface area contributed by atoms with Crippen LogP contribution in [0.1, 0.15) is 28.2 Å². The first-order valence-electron chi connectivity index (χ1n) is 7.61. The van der Waals surface area contributed by atoms with Crippen molar-refractivity contribution in [3.8, 4) is 0 Å². The van der Waals surface area contributed by atoms with Crippen LogP contribution >= 0.6 is 22.7 Å². The van der Waals surface area contributed by atoms with Gasteiger partial charge in [0.2, 0.25) is 0 Å². The lowest BCUT2D eigenvalue weighted by Crippen LogP contribution is -2.23. The Morgan fingerprint density at radius 3 is 2.87 bits per heavy atom. The van der Waals surface area contributed by atoms with Crippen LogP contribution in [0, 0.1) is 0 Å². The van der Waals surface area contributed by atoms with Crippen molar-refractivity contribution in [1.29, 1.82) is 0 Å². The van der Waals surface area contributed by atoms with E-state index >= 15 is 0 Å². The van der Waals surface area contributed by atoms with E-state index in [0.717, 1.165) is 33.4 Å². The Bertz CT molecular complexity index is 812. The third kappa shape index (κ3) is 2.84. The summed E-state index contributed by atoms with van der Waals surface area (Å²) in [5, 5.41) is 8.12. The number of carbonyl (C=O) groups is 1. The number of amides is 1. The molecule has 1 saturated heterocycles. The topological polar surface area (TPSA) is 63.1 Å². The molecule has 0 aromatic carbocycles. The van der Waals surface area contributed by atoms with E-state index in [0.29, 0.717) is 11.4 Å². The smallest absolute Gasteiger partial charge is 0.261 e. The van der Waals surface area contributed by atoms with Gasteiger partial charge in [0.25, 0.3) is 5.91 Å². The Hall–Kier alpha value is -1.93. The molecule has 0 spiro atoms. The fourth-order valence-corrected chi connectivity index (χ4v) is 4.89. The van der Waals surface area contributed by atoms with E-state index in [9.17, 15) is 4.79 Å². The number of nitrogens with one attached hydrogen (secondary N) is 1. The number of rotatable bonds is 4. The SMILES string of the molecule is Cn1nccc1CNC(=O)c1cc2sc(N3CCCC3)nc2s1. The van der Waals surface area contributed by atoms with Crippen LogP contribution in [-0.4, -0.2) is 33.8 Å². The molecular formula is C15H17N5OS2. The average molecular weight is 347 g/mol. The first-order chi connectivity index (χ1) is 11.2. The zero-order valence-electron chi connectivity index (χ0n) is 12.8.